The van der Waals surface area contributed by atoms with Crippen molar-refractivity contribution < 1.29 is 14.3 Å². The molecule has 1 N–H and O–H groups in total. The zero-order chi connectivity index (χ0) is 25.8. The molecule has 1 unspecified atom stereocenters. The number of esters is 1. The van der Waals surface area contributed by atoms with Crippen LogP contribution in [0.4, 0.5) is 5.00 Å². The Labute approximate surface area is 220 Å². The number of carbonyl (C=O) groups is 2. The number of benzene rings is 1. The van der Waals surface area contributed by atoms with Crippen LogP contribution in [0.5, 0.6) is 0 Å². The highest BCUT2D eigenvalue weighted by Gasteiger charge is 2.29. The number of amides is 1. The number of methoxy groups -OCH3 is 1. The van der Waals surface area contributed by atoms with E-state index in [0.29, 0.717) is 34.1 Å². The molecule has 0 bridgehead atoms. The molecule has 9 heteroatoms. The van der Waals surface area contributed by atoms with E-state index >= 15 is 0 Å². The number of carbonyl (C=O) groups excluding carboxylic acids is 2. The third-order valence-electron chi connectivity index (χ3n) is 6.35. The van der Waals surface area contributed by atoms with E-state index in [9.17, 15) is 9.59 Å². The highest BCUT2D eigenvalue weighted by Crippen LogP contribution is 2.40. The molecule has 0 saturated heterocycles. The van der Waals surface area contributed by atoms with Gasteiger partial charge in [0.05, 0.1) is 18.4 Å². The maximum Gasteiger partial charge on any atom is 0.341 e. The minimum absolute atomic E-state index is 0.140. The summed E-state index contributed by atoms with van der Waals surface area (Å²) in [6, 6.07) is 8.31. The van der Waals surface area contributed by atoms with Crippen LogP contribution in [-0.4, -0.2) is 39.5 Å². The summed E-state index contributed by atoms with van der Waals surface area (Å²) in [6.45, 7) is 10.9. The molecule has 2 heterocycles. The van der Waals surface area contributed by atoms with E-state index in [0.717, 1.165) is 41.1 Å². The largest absolute Gasteiger partial charge is 0.465 e. The van der Waals surface area contributed by atoms with E-state index in [-0.39, 0.29) is 11.7 Å². The Balaban J connectivity index is 1.50. The first-order valence-electron chi connectivity index (χ1n) is 12.1. The summed E-state index contributed by atoms with van der Waals surface area (Å²) in [5.41, 5.74) is 3.75. The summed E-state index contributed by atoms with van der Waals surface area (Å²) in [4.78, 5) is 26.6. The average Bonchev–Trinajstić information content (AvgIpc) is 3.42. The molecule has 7 nitrogen and oxygen atoms in total. The summed E-state index contributed by atoms with van der Waals surface area (Å²) in [7, 11) is 1.37. The van der Waals surface area contributed by atoms with Gasteiger partial charge in [-0.3, -0.25) is 9.36 Å². The SMILES string of the molecule is C=CCn1c(SCC(=O)Nc2sc3c(c2C(=O)OC)CCC(C)C3)nnc1-c1ccc(C(C)C)cc1. The first-order valence-corrected chi connectivity index (χ1v) is 13.9. The Bertz CT molecular complexity index is 1260. The number of hydrogen-bond donors (Lipinski definition) is 1. The van der Waals surface area contributed by atoms with Crippen LogP contribution in [-0.2, 0) is 28.9 Å². The van der Waals surface area contributed by atoms with Crippen LogP contribution in [0.3, 0.4) is 0 Å². The first kappa shape index (κ1) is 26.2. The maximum atomic E-state index is 12.9. The molecule has 1 amide bonds. The van der Waals surface area contributed by atoms with E-state index in [1.54, 1.807) is 6.08 Å². The van der Waals surface area contributed by atoms with E-state index in [1.165, 1.54) is 35.8 Å². The lowest BCUT2D eigenvalue weighted by Gasteiger charge is -2.18. The molecule has 1 aromatic carbocycles. The second-order valence-electron chi connectivity index (χ2n) is 9.37. The topological polar surface area (TPSA) is 86.1 Å². The lowest BCUT2D eigenvalue weighted by atomic mass is 9.88. The van der Waals surface area contributed by atoms with Gasteiger partial charge in [0, 0.05) is 17.0 Å². The molecule has 0 aliphatic heterocycles. The summed E-state index contributed by atoms with van der Waals surface area (Å²) in [5.74, 6) is 1.29. The smallest absolute Gasteiger partial charge is 0.341 e. The number of thiophene rings is 1. The van der Waals surface area contributed by atoms with Gasteiger partial charge in [-0.05, 0) is 42.2 Å². The number of ether oxygens (including phenoxy) is 1. The number of allylic oxidation sites excluding steroid dienone is 1. The van der Waals surface area contributed by atoms with Crippen LogP contribution >= 0.6 is 23.1 Å². The van der Waals surface area contributed by atoms with Crippen LogP contribution < -0.4 is 5.32 Å². The molecule has 0 spiro atoms. The highest BCUT2D eigenvalue weighted by atomic mass is 32.2. The minimum Gasteiger partial charge on any atom is -0.465 e. The quantitative estimate of drug-likeness (QED) is 0.211. The summed E-state index contributed by atoms with van der Waals surface area (Å²) < 4.78 is 6.99. The third-order valence-corrected chi connectivity index (χ3v) is 8.49. The number of rotatable bonds is 9. The van der Waals surface area contributed by atoms with Crippen LogP contribution in [0, 0.1) is 5.92 Å². The number of anilines is 1. The second-order valence-corrected chi connectivity index (χ2v) is 11.4. The second kappa shape index (κ2) is 11.4. The van der Waals surface area contributed by atoms with Crippen LogP contribution in [0.15, 0.2) is 42.1 Å². The van der Waals surface area contributed by atoms with Gasteiger partial charge in [0.1, 0.15) is 5.00 Å². The monoisotopic (exact) mass is 524 g/mol. The molecule has 0 fully saturated rings. The van der Waals surface area contributed by atoms with Crippen molar-refractivity contribution in [2.24, 2.45) is 5.92 Å². The fourth-order valence-electron chi connectivity index (χ4n) is 4.37. The number of nitrogens with one attached hydrogen (secondary N) is 1. The highest BCUT2D eigenvalue weighted by molar-refractivity contribution is 7.99. The molecule has 2 aromatic heterocycles. The van der Waals surface area contributed by atoms with Gasteiger partial charge < -0.3 is 10.1 Å². The lowest BCUT2D eigenvalue weighted by Crippen LogP contribution is -2.17. The van der Waals surface area contributed by atoms with Gasteiger partial charge in [-0.15, -0.1) is 28.1 Å². The summed E-state index contributed by atoms with van der Waals surface area (Å²) in [6.07, 6.45) is 4.56. The Hall–Kier alpha value is -2.91. The Kier molecular flexibility index (Phi) is 8.31. The lowest BCUT2D eigenvalue weighted by molar-refractivity contribution is -0.113. The normalized spacial score (nSPS) is 15.0. The van der Waals surface area contributed by atoms with Gasteiger partial charge in [0.15, 0.2) is 11.0 Å². The molecule has 0 radical (unpaired) electrons. The van der Waals surface area contributed by atoms with Gasteiger partial charge in [0.2, 0.25) is 5.91 Å². The van der Waals surface area contributed by atoms with Crippen molar-refractivity contribution in [3.8, 4) is 11.4 Å². The fourth-order valence-corrected chi connectivity index (χ4v) is 6.53. The molecule has 190 valence electrons. The maximum absolute atomic E-state index is 12.9. The molecule has 1 aliphatic rings. The van der Waals surface area contributed by atoms with Crippen molar-refractivity contribution in [2.45, 2.75) is 57.7 Å². The van der Waals surface area contributed by atoms with Crippen molar-refractivity contribution in [3.63, 3.8) is 0 Å². The predicted octanol–water partition coefficient (Wildman–Crippen LogP) is 5.96. The number of hydrogen-bond acceptors (Lipinski definition) is 7. The molecular weight excluding hydrogens is 492 g/mol. The third kappa shape index (κ3) is 5.57. The average molecular weight is 525 g/mol. The van der Waals surface area contributed by atoms with Crippen LogP contribution in [0.2, 0.25) is 0 Å². The van der Waals surface area contributed by atoms with Gasteiger partial charge in [0.25, 0.3) is 0 Å². The molecule has 1 atom stereocenters. The van der Waals surface area contributed by atoms with Gasteiger partial charge in [-0.25, -0.2) is 4.79 Å². The molecule has 0 saturated carbocycles. The molecule has 1 aliphatic carbocycles. The Morgan fingerprint density at radius 2 is 2.06 bits per heavy atom. The molecule has 3 aromatic rings. The number of fused-ring (bicyclic) bond motifs is 1. The number of nitrogens with zero attached hydrogens (tertiary/aromatic N) is 3. The van der Waals surface area contributed by atoms with Crippen molar-refractivity contribution >= 4 is 40.0 Å². The van der Waals surface area contributed by atoms with Crippen molar-refractivity contribution in [2.75, 3.05) is 18.2 Å². The number of aromatic nitrogens is 3. The first-order chi connectivity index (χ1) is 17.3. The molecule has 36 heavy (non-hydrogen) atoms. The summed E-state index contributed by atoms with van der Waals surface area (Å²) in [5, 5.41) is 12.9. The zero-order valence-electron chi connectivity index (χ0n) is 21.2. The van der Waals surface area contributed by atoms with E-state index < -0.39 is 5.97 Å². The fraction of sp³-hybridized carbons (Fsp3) is 0.407. The van der Waals surface area contributed by atoms with E-state index in [2.05, 4.69) is 55.0 Å². The van der Waals surface area contributed by atoms with E-state index in [1.807, 2.05) is 16.7 Å². The van der Waals surface area contributed by atoms with Crippen molar-refractivity contribution in [1.29, 1.82) is 0 Å². The minimum atomic E-state index is -0.399. The van der Waals surface area contributed by atoms with Gasteiger partial charge in [-0.2, -0.15) is 0 Å². The standard InChI is InChI=1S/C27H32N4O3S2/c1-6-13-31-24(19-10-8-18(9-11-19)16(2)3)29-30-27(31)35-15-22(32)28-25-23(26(33)34-5)20-12-7-17(4)14-21(20)36-25/h6,8-11,16-17H,1,7,12-15H2,2-5H3,(H,28,32). The van der Waals surface area contributed by atoms with Crippen molar-refractivity contribution in [3.05, 3.63) is 58.5 Å². The predicted molar refractivity (Wildman–Crippen MR) is 146 cm³/mol. The summed E-state index contributed by atoms with van der Waals surface area (Å²) >= 11 is 2.80. The van der Waals surface area contributed by atoms with E-state index in [4.69, 9.17) is 4.74 Å². The van der Waals surface area contributed by atoms with Crippen molar-refractivity contribution in [1.82, 2.24) is 14.8 Å². The molecule has 4 rings (SSSR count). The van der Waals surface area contributed by atoms with Gasteiger partial charge in [-0.1, -0.05) is 62.9 Å². The van der Waals surface area contributed by atoms with Crippen LogP contribution in [0.25, 0.3) is 11.4 Å². The zero-order valence-corrected chi connectivity index (χ0v) is 22.8. The Morgan fingerprint density at radius 3 is 2.72 bits per heavy atom. The number of thioether (sulfide) groups is 1. The Morgan fingerprint density at radius 1 is 1.31 bits per heavy atom. The van der Waals surface area contributed by atoms with Gasteiger partial charge >= 0.3 is 5.97 Å². The molecular formula is C27H32N4O3S2. The van der Waals surface area contributed by atoms with Crippen LogP contribution in [0.1, 0.15) is 59.5 Å².